The predicted molar refractivity (Wildman–Crippen MR) is 296 cm³/mol. The van der Waals surface area contributed by atoms with Gasteiger partial charge >= 0.3 is 17.9 Å². The summed E-state index contributed by atoms with van der Waals surface area (Å²) in [5.41, 5.74) is 0.371. The molecule has 0 aromatic heterocycles. The van der Waals surface area contributed by atoms with E-state index in [4.69, 9.17) is 14.2 Å². The summed E-state index contributed by atoms with van der Waals surface area (Å²) in [6.45, 7) is 7.57. The summed E-state index contributed by atoms with van der Waals surface area (Å²) in [4.78, 5) is 39.9. The monoisotopic (exact) mass is 961 g/mol. The Kier molecular flexibility index (Phi) is 47.4. The number of allylic oxidation sites excluding steroid dienone is 6. The van der Waals surface area contributed by atoms with Crippen molar-refractivity contribution in [1.82, 2.24) is 0 Å². The van der Waals surface area contributed by atoms with Crippen molar-refractivity contribution in [2.24, 2.45) is 0 Å². The van der Waals surface area contributed by atoms with Gasteiger partial charge in [-0.05, 0) is 95.2 Å². The topological polar surface area (TPSA) is 78.9 Å². The summed E-state index contributed by atoms with van der Waals surface area (Å²) >= 11 is 0. The molecule has 6 heteroatoms. The van der Waals surface area contributed by atoms with Crippen LogP contribution in [0.5, 0.6) is 0 Å². The van der Waals surface area contributed by atoms with Gasteiger partial charge in [-0.3, -0.25) is 0 Å². The summed E-state index contributed by atoms with van der Waals surface area (Å²) < 4.78 is 16.9. The summed E-state index contributed by atoms with van der Waals surface area (Å²) in [5.74, 6) is -1.73. The van der Waals surface area contributed by atoms with Crippen LogP contribution in [-0.2, 0) is 14.2 Å². The third kappa shape index (κ3) is 41.2. The number of hydrogen-bond acceptors (Lipinski definition) is 6. The van der Waals surface area contributed by atoms with Crippen molar-refractivity contribution in [2.75, 3.05) is 19.8 Å². The quantitative estimate of drug-likeness (QED) is 0.0280. The fourth-order valence-electron chi connectivity index (χ4n) is 8.84. The molecule has 0 saturated carbocycles. The summed E-state index contributed by atoms with van der Waals surface area (Å²) in [6, 6.07) is 4.47. The number of hydrogen-bond donors (Lipinski definition) is 0. The molecule has 0 heterocycles. The number of esters is 3. The number of unbranched alkanes of at least 4 members (excludes halogenated alkanes) is 36. The SMILES string of the molecule is CCCCCCCCCCCCC/C=C/CCCOC(=O)c1ccc(C(=O)OCCC/C=C/CCCCCCCCCCCCC)c(C(=O)OCCC/C=C/CCCCCCCCCCCCC)c1. The molecule has 0 amide bonds. The highest BCUT2D eigenvalue weighted by atomic mass is 16.5. The highest BCUT2D eigenvalue weighted by Crippen LogP contribution is 2.19. The maximum atomic E-state index is 13.4. The predicted octanol–water partition coefficient (Wildman–Crippen LogP) is 20.3. The van der Waals surface area contributed by atoms with Gasteiger partial charge in [0, 0.05) is 0 Å². The maximum absolute atomic E-state index is 13.4. The van der Waals surface area contributed by atoms with E-state index >= 15 is 0 Å². The average Bonchev–Trinajstić information content (AvgIpc) is 3.36. The molecule has 0 spiro atoms. The average molecular weight is 962 g/mol. The molecule has 1 aromatic carbocycles. The van der Waals surface area contributed by atoms with Crippen LogP contribution in [0.25, 0.3) is 0 Å². The van der Waals surface area contributed by atoms with Gasteiger partial charge in [-0.1, -0.05) is 250 Å². The van der Waals surface area contributed by atoms with Gasteiger partial charge in [0.2, 0.25) is 0 Å². The van der Waals surface area contributed by atoms with Crippen LogP contribution in [0, 0.1) is 0 Å². The summed E-state index contributed by atoms with van der Waals surface area (Å²) in [5, 5.41) is 0. The second kappa shape index (κ2) is 51.2. The first-order valence-corrected chi connectivity index (χ1v) is 29.6. The van der Waals surface area contributed by atoms with E-state index in [1.165, 1.54) is 224 Å². The minimum atomic E-state index is -0.630. The molecule has 0 radical (unpaired) electrons. The van der Waals surface area contributed by atoms with Crippen molar-refractivity contribution >= 4 is 17.9 Å². The van der Waals surface area contributed by atoms with Crippen LogP contribution in [0.3, 0.4) is 0 Å². The fraction of sp³-hybridized carbons (Fsp3) is 0.762. The maximum Gasteiger partial charge on any atom is 0.339 e. The summed E-state index contributed by atoms with van der Waals surface area (Å²) in [7, 11) is 0. The second-order valence-corrected chi connectivity index (χ2v) is 20.0. The van der Waals surface area contributed by atoms with Crippen LogP contribution in [0.4, 0.5) is 0 Å². The first-order chi connectivity index (χ1) is 34.0. The standard InChI is InChI=1S/C63H108O6/c1-4-7-10-13-16-19-22-25-28-31-34-37-40-43-46-49-54-67-61(64)58-52-53-59(62(65)68-55-50-47-44-41-38-35-32-29-26-23-20-17-14-11-8-5-2)60(57-58)63(66)69-56-51-48-45-42-39-36-33-30-27-24-21-18-15-12-9-6-3/h40-45,52-53,57H,4-39,46-51,54-56H2,1-3H3/b43-40+,44-41+,45-42+. The zero-order valence-electron chi connectivity index (χ0n) is 45.5. The molecule has 0 aliphatic rings. The van der Waals surface area contributed by atoms with Crippen molar-refractivity contribution in [3.63, 3.8) is 0 Å². The first kappa shape index (κ1) is 63.9. The molecular formula is C63H108O6. The van der Waals surface area contributed by atoms with Gasteiger partial charge in [-0.15, -0.1) is 0 Å². The van der Waals surface area contributed by atoms with Crippen LogP contribution in [-0.4, -0.2) is 37.7 Å². The van der Waals surface area contributed by atoms with E-state index in [-0.39, 0.29) is 36.5 Å². The molecule has 0 fully saturated rings. The lowest BCUT2D eigenvalue weighted by molar-refractivity contribution is 0.0451. The van der Waals surface area contributed by atoms with E-state index in [1.807, 2.05) is 0 Å². The Morgan fingerprint density at radius 3 is 0.855 bits per heavy atom. The Balaban J connectivity index is 2.50. The van der Waals surface area contributed by atoms with Crippen LogP contribution in [0.15, 0.2) is 54.7 Å². The molecule has 396 valence electrons. The van der Waals surface area contributed by atoms with Gasteiger partial charge in [-0.25, -0.2) is 14.4 Å². The molecule has 6 nitrogen and oxygen atoms in total. The Morgan fingerprint density at radius 1 is 0.304 bits per heavy atom. The number of ether oxygens (including phenoxy) is 3. The van der Waals surface area contributed by atoms with Crippen LogP contribution in [0.1, 0.15) is 322 Å². The minimum absolute atomic E-state index is 0.0405. The number of benzene rings is 1. The summed E-state index contributed by atoms with van der Waals surface area (Å²) in [6.07, 6.45) is 65.6. The van der Waals surface area contributed by atoms with E-state index in [2.05, 4.69) is 57.2 Å². The van der Waals surface area contributed by atoms with Gasteiger partial charge in [0.1, 0.15) is 0 Å². The molecule has 69 heavy (non-hydrogen) atoms. The van der Waals surface area contributed by atoms with E-state index in [9.17, 15) is 14.4 Å². The Morgan fingerprint density at radius 2 is 0.551 bits per heavy atom. The van der Waals surface area contributed by atoms with Crippen molar-refractivity contribution in [3.05, 3.63) is 71.3 Å². The molecular weight excluding hydrogens is 853 g/mol. The lowest BCUT2D eigenvalue weighted by atomic mass is 10.0. The molecule has 0 saturated heterocycles. The highest BCUT2D eigenvalue weighted by Gasteiger charge is 2.22. The van der Waals surface area contributed by atoms with Gasteiger partial charge in [0.05, 0.1) is 36.5 Å². The number of carbonyl (C=O) groups excluding carboxylic acids is 3. The molecule has 1 aromatic rings. The molecule has 0 aliphatic heterocycles. The lowest BCUT2D eigenvalue weighted by Gasteiger charge is -2.12. The molecule has 0 unspecified atom stereocenters. The van der Waals surface area contributed by atoms with Gasteiger partial charge in [-0.2, -0.15) is 0 Å². The molecule has 0 bridgehead atoms. The van der Waals surface area contributed by atoms with Gasteiger partial charge in [0.25, 0.3) is 0 Å². The first-order valence-electron chi connectivity index (χ1n) is 29.6. The molecule has 0 N–H and O–H groups in total. The fourth-order valence-corrected chi connectivity index (χ4v) is 8.84. The van der Waals surface area contributed by atoms with Crippen LogP contribution >= 0.6 is 0 Å². The van der Waals surface area contributed by atoms with E-state index in [0.717, 1.165) is 44.9 Å². The van der Waals surface area contributed by atoms with Crippen molar-refractivity contribution in [3.8, 4) is 0 Å². The van der Waals surface area contributed by atoms with Crippen LogP contribution in [0.2, 0.25) is 0 Å². The number of rotatable bonds is 51. The lowest BCUT2D eigenvalue weighted by Crippen LogP contribution is -2.17. The van der Waals surface area contributed by atoms with E-state index in [1.54, 1.807) is 6.07 Å². The van der Waals surface area contributed by atoms with Crippen LogP contribution < -0.4 is 0 Å². The van der Waals surface area contributed by atoms with Gasteiger partial charge < -0.3 is 14.2 Å². The smallest absolute Gasteiger partial charge is 0.339 e. The molecule has 0 aliphatic carbocycles. The van der Waals surface area contributed by atoms with Crippen molar-refractivity contribution < 1.29 is 28.6 Å². The van der Waals surface area contributed by atoms with Crippen molar-refractivity contribution in [2.45, 2.75) is 290 Å². The van der Waals surface area contributed by atoms with Crippen molar-refractivity contribution in [1.29, 1.82) is 0 Å². The molecule has 1 rings (SSSR count). The molecule has 0 atom stereocenters. The van der Waals surface area contributed by atoms with E-state index < -0.39 is 17.9 Å². The zero-order chi connectivity index (χ0) is 49.8. The zero-order valence-corrected chi connectivity index (χ0v) is 45.5. The third-order valence-electron chi connectivity index (χ3n) is 13.4. The Hall–Kier alpha value is -3.15. The minimum Gasteiger partial charge on any atom is -0.462 e. The Labute approximate surface area is 426 Å². The third-order valence-corrected chi connectivity index (χ3v) is 13.4. The largest absolute Gasteiger partial charge is 0.462 e. The second-order valence-electron chi connectivity index (χ2n) is 20.0. The Bertz CT molecular complexity index is 1410. The highest BCUT2D eigenvalue weighted by molar-refractivity contribution is 6.05. The normalized spacial score (nSPS) is 11.7. The number of carbonyl (C=O) groups is 3. The van der Waals surface area contributed by atoms with Gasteiger partial charge in [0.15, 0.2) is 0 Å². The van der Waals surface area contributed by atoms with E-state index in [0.29, 0.717) is 12.8 Å².